The van der Waals surface area contributed by atoms with Gasteiger partial charge in [0.25, 0.3) is 0 Å². The SMILES string of the molecule is CC(C)(C)Oc1ccc(NCc2ccc(CO)cc2)cc1. The number of benzene rings is 2. The fraction of sp³-hybridized carbons (Fsp3) is 0.333. The summed E-state index contributed by atoms with van der Waals surface area (Å²) in [5.74, 6) is 0.875. The normalized spacial score (nSPS) is 11.2. The summed E-state index contributed by atoms with van der Waals surface area (Å²) in [5.41, 5.74) is 3.00. The fourth-order valence-electron chi connectivity index (χ4n) is 1.96. The molecule has 0 bridgehead atoms. The second kappa shape index (κ2) is 6.64. The van der Waals surface area contributed by atoms with Crippen molar-refractivity contribution in [2.45, 2.75) is 39.5 Å². The Labute approximate surface area is 126 Å². The van der Waals surface area contributed by atoms with Crippen LogP contribution in [-0.4, -0.2) is 10.7 Å². The Morgan fingerprint density at radius 3 is 2.00 bits per heavy atom. The molecule has 2 N–H and O–H groups in total. The molecule has 112 valence electrons. The van der Waals surface area contributed by atoms with Gasteiger partial charge >= 0.3 is 0 Å². The lowest BCUT2D eigenvalue weighted by Gasteiger charge is -2.21. The number of aliphatic hydroxyl groups is 1. The third-order valence-corrected chi connectivity index (χ3v) is 2.98. The lowest BCUT2D eigenvalue weighted by molar-refractivity contribution is 0.131. The maximum Gasteiger partial charge on any atom is 0.120 e. The Kier molecular flexibility index (Phi) is 4.86. The summed E-state index contributed by atoms with van der Waals surface area (Å²) >= 11 is 0. The molecule has 3 heteroatoms. The van der Waals surface area contributed by atoms with Crippen LogP contribution in [0.1, 0.15) is 31.9 Å². The number of aliphatic hydroxyl groups excluding tert-OH is 1. The summed E-state index contributed by atoms with van der Waals surface area (Å²) in [5, 5.41) is 12.4. The number of ether oxygens (including phenoxy) is 1. The lowest BCUT2D eigenvalue weighted by Crippen LogP contribution is -2.22. The summed E-state index contributed by atoms with van der Waals surface area (Å²) in [6.45, 7) is 6.95. The predicted molar refractivity (Wildman–Crippen MR) is 86.5 cm³/mol. The van der Waals surface area contributed by atoms with E-state index in [-0.39, 0.29) is 12.2 Å². The van der Waals surface area contributed by atoms with Gasteiger partial charge in [-0.15, -0.1) is 0 Å². The van der Waals surface area contributed by atoms with Crippen molar-refractivity contribution in [3.63, 3.8) is 0 Å². The van der Waals surface area contributed by atoms with E-state index < -0.39 is 0 Å². The minimum atomic E-state index is -0.177. The smallest absolute Gasteiger partial charge is 0.120 e. The van der Waals surface area contributed by atoms with E-state index in [1.54, 1.807) is 0 Å². The molecule has 0 amide bonds. The van der Waals surface area contributed by atoms with Gasteiger partial charge < -0.3 is 15.2 Å². The zero-order chi connectivity index (χ0) is 15.3. The Bertz CT molecular complexity index is 553. The second-order valence-electron chi connectivity index (χ2n) is 6.07. The second-order valence-corrected chi connectivity index (χ2v) is 6.07. The lowest BCUT2D eigenvalue weighted by atomic mass is 10.1. The van der Waals surface area contributed by atoms with Gasteiger partial charge in [0.1, 0.15) is 11.4 Å². The van der Waals surface area contributed by atoms with E-state index in [0.717, 1.165) is 23.5 Å². The number of rotatable bonds is 5. The van der Waals surface area contributed by atoms with Gasteiger partial charge in [0.2, 0.25) is 0 Å². The van der Waals surface area contributed by atoms with E-state index in [9.17, 15) is 0 Å². The van der Waals surface area contributed by atoms with E-state index in [1.807, 2.05) is 69.3 Å². The molecule has 0 aliphatic rings. The molecule has 21 heavy (non-hydrogen) atoms. The van der Waals surface area contributed by atoms with Crippen LogP contribution < -0.4 is 10.1 Å². The third-order valence-electron chi connectivity index (χ3n) is 2.98. The maximum atomic E-state index is 9.02. The van der Waals surface area contributed by atoms with Crippen molar-refractivity contribution in [3.8, 4) is 5.75 Å². The molecule has 0 heterocycles. The van der Waals surface area contributed by atoms with Gasteiger partial charge in [-0.25, -0.2) is 0 Å². The monoisotopic (exact) mass is 285 g/mol. The van der Waals surface area contributed by atoms with Crippen LogP contribution in [-0.2, 0) is 13.2 Å². The molecule has 0 atom stereocenters. The quantitative estimate of drug-likeness (QED) is 0.873. The molecular formula is C18H23NO2. The molecule has 0 spiro atoms. The third kappa shape index (κ3) is 5.12. The summed E-state index contributed by atoms with van der Waals surface area (Å²) in [6.07, 6.45) is 0. The Morgan fingerprint density at radius 2 is 1.48 bits per heavy atom. The largest absolute Gasteiger partial charge is 0.488 e. The van der Waals surface area contributed by atoms with Crippen LogP contribution in [0.4, 0.5) is 5.69 Å². The highest BCUT2D eigenvalue weighted by Crippen LogP contribution is 2.20. The molecular weight excluding hydrogens is 262 g/mol. The van der Waals surface area contributed by atoms with E-state index in [4.69, 9.17) is 9.84 Å². The van der Waals surface area contributed by atoms with Gasteiger partial charge in [0, 0.05) is 12.2 Å². The fourth-order valence-corrected chi connectivity index (χ4v) is 1.96. The Hall–Kier alpha value is -2.00. The highest BCUT2D eigenvalue weighted by molar-refractivity contribution is 5.47. The van der Waals surface area contributed by atoms with Gasteiger partial charge in [-0.3, -0.25) is 0 Å². The summed E-state index contributed by atoms with van der Waals surface area (Å²) < 4.78 is 5.79. The van der Waals surface area contributed by atoms with Crippen LogP contribution in [0.2, 0.25) is 0 Å². The first-order chi connectivity index (χ1) is 9.96. The average Bonchev–Trinajstić information content (AvgIpc) is 2.45. The minimum absolute atomic E-state index is 0.0863. The first-order valence-electron chi connectivity index (χ1n) is 7.18. The Balaban J connectivity index is 1.91. The molecule has 2 aromatic rings. The molecule has 2 rings (SSSR count). The van der Waals surface area contributed by atoms with Crippen molar-refractivity contribution in [1.82, 2.24) is 0 Å². The zero-order valence-corrected chi connectivity index (χ0v) is 12.9. The average molecular weight is 285 g/mol. The predicted octanol–water partition coefficient (Wildman–Crippen LogP) is 3.97. The van der Waals surface area contributed by atoms with Gasteiger partial charge in [-0.05, 0) is 56.2 Å². The summed E-state index contributed by atoms with van der Waals surface area (Å²) in [4.78, 5) is 0. The van der Waals surface area contributed by atoms with Crippen molar-refractivity contribution in [2.24, 2.45) is 0 Å². The van der Waals surface area contributed by atoms with Crippen molar-refractivity contribution >= 4 is 5.69 Å². The van der Waals surface area contributed by atoms with E-state index >= 15 is 0 Å². The van der Waals surface area contributed by atoms with Crippen LogP contribution in [0.25, 0.3) is 0 Å². The van der Waals surface area contributed by atoms with Gasteiger partial charge in [-0.2, -0.15) is 0 Å². The first kappa shape index (κ1) is 15.4. The molecule has 0 fully saturated rings. The number of nitrogens with one attached hydrogen (secondary N) is 1. The van der Waals surface area contributed by atoms with Crippen LogP contribution in [0.15, 0.2) is 48.5 Å². The van der Waals surface area contributed by atoms with Crippen molar-refractivity contribution in [2.75, 3.05) is 5.32 Å². The molecule has 0 aliphatic heterocycles. The molecule has 0 unspecified atom stereocenters. The van der Waals surface area contributed by atoms with Gasteiger partial charge in [-0.1, -0.05) is 24.3 Å². The summed E-state index contributed by atoms with van der Waals surface area (Å²) in [7, 11) is 0. The van der Waals surface area contributed by atoms with Crippen LogP contribution >= 0.6 is 0 Å². The van der Waals surface area contributed by atoms with Crippen LogP contribution in [0.5, 0.6) is 5.75 Å². The molecule has 0 saturated heterocycles. The van der Waals surface area contributed by atoms with Crippen molar-refractivity contribution < 1.29 is 9.84 Å². The maximum absolute atomic E-state index is 9.02. The molecule has 0 aliphatic carbocycles. The van der Waals surface area contributed by atoms with E-state index in [1.165, 1.54) is 5.56 Å². The zero-order valence-electron chi connectivity index (χ0n) is 12.9. The number of anilines is 1. The number of hydrogen-bond acceptors (Lipinski definition) is 3. The highest BCUT2D eigenvalue weighted by atomic mass is 16.5. The number of hydrogen-bond donors (Lipinski definition) is 2. The van der Waals surface area contributed by atoms with Crippen LogP contribution in [0.3, 0.4) is 0 Å². The first-order valence-corrected chi connectivity index (χ1v) is 7.18. The summed E-state index contributed by atoms with van der Waals surface area (Å²) in [6, 6.07) is 15.9. The van der Waals surface area contributed by atoms with Crippen molar-refractivity contribution in [1.29, 1.82) is 0 Å². The van der Waals surface area contributed by atoms with E-state index in [0.29, 0.717) is 0 Å². The molecule has 0 saturated carbocycles. The molecule has 3 nitrogen and oxygen atoms in total. The van der Waals surface area contributed by atoms with E-state index in [2.05, 4.69) is 5.32 Å². The van der Waals surface area contributed by atoms with Gasteiger partial charge in [0.15, 0.2) is 0 Å². The topological polar surface area (TPSA) is 41.5 Å². The van der Waals surface area contributed by atoms with Crippen molar-refractivity contribution in [3.05, 3.63) is 59.7 Å². The Morgan fingerprint density at radius 1 is 0.905 bits per heavy atom. The van der Waals surface area contributed by atoms with Crippen LogP contribution in [0, 0.1) is 0 Å². The van der Waals surface area contributed by atoms with Gasteiger partial charge in [0.05, 0.1) is 6.61 Å². The minimum Gasteiger partial charge on any atom is -0.488 e. The molecule has 0 aromatic heterocycles. The molecule has 0 radical (unpaired) electrons. The molecule has 2 aromatic carbocycles. The standard InChI is InChI=1S/C18H23NO2/c1-18(2,3)21-17-10-8-16(9-11-17)19-12-14-4-6-15(13-20)7-5-14/h4-11,19-20H,12-13H2,1-3H3. The highest BCUT2D eigenvalue weighted by Gasteiger charge is 2.11.